The number of fused-ring (bicyclic) bond motifs is 2. The number of rotatable bonds is 6. The Bertz CT molecular complexity index is 1360. The number of anilines is 1. The Morgan fingerprint density at radius 1 is 1.00 bits per heavy atom. The molecule has 0 unspecified atom stereocenters. The van der Waals surface area contributed by atoms with Gasteiger partial charge < -0.3 is 29.2 Å². The van der Waals surface area contributed by atoms with Crippen LogP contribution in [0.2, 0.25) is 0 Å². The minimum absolute atomic E-state index is 0.310. The summed E-state index contributed by atoms with van der Waals surface area (Å²) in [7, 11) is 1.61. The molecule has 0 radical (unpaired) electrons. The van der Waals surface area contributed by atoms with E-state index in [0.29, 0.717) is 52.8 Å². The normalized spacial score (nSPS) is 12.3. The molecule has 172 valence electrons. The van der Waals surface area contributed by atoms with E-state index in [-0.39, 0.29) is 0 Å². The van der Waals surface area contributed by atoms with E-state index >= 15 is 0 Å². The molecule has 5 rings (SSSR count). The van der Waals surface area contributed by atoms with Crippen LogP contribution in [-0.2, 0) is 9.53 Å². The van der Waals surface area contributed by atoms with E-state index in [0.717, 1.165) is 11.3 Å². The van der Waals surface area contributed by atoms with Crippen LogP contribution < -0.4 is 19.5 Å². The molecule has 3 aromatic carbocycles. The third-order valence-electron chi connectivity index (χ3n) is 5.24. The van der Waals surface area contributed by atoms with Crippen molar-refractivity contribution in [1.29, 1.82) is 0 Å². The van der Waals surface area contributed by atoms with Gasteiger partial charge in [-0.3, -0.25) is 4.79 Å². The zero-order chi connectivity index (χ0) is 23.5. The summed E-state index contributed by atoms with van der Waals surface area (Å²) in [5, 5.41) is 2.68. The van der Waals surface area contributed by atoms with Crippen LogP contribution in [0.25, 0.3) is 22.4 Å². The van der Waals surface area contributed by atoms with Crippen LogP contribution in [0.3, 0.4) is 0 Å². The molecule has 4 aromatic rings. The van der Waals surface area contributed by atoms with Gasteiger partial charge in [0.1, 0.15) is 24.8 Å². The monoisotopic (exact) mass is 459 g/mol. The summed E-state index contributed by atoms with van der Waals surface area (Å²) >= 11 is 0. The Labute approximate surface area is 194 Å². The number of aromatic nitrogens is 2. The maximum atomic E-state index is 12.5. The van der Waals surface area contributed by atoms with Crippen LogP contribution in [-0.4, -0.2) is 48.8 Å². The van der Waals surface area contributed by atoms with Crippen LogP contribution >= 0.6 is 0 Å². The highest BCUT2D eigenvalue weighted by molar-refractivity contribution is 5.97. The van der Waals surface area contributed by atoms with Crippen molar-refractivity contribution < 1.29 is 28.5 Å². The molecule has 34 heavy (non-hydrogen) atoms. The van der Waals surface area contributed by atoms with Crippen molar-refractivity contribution in [2.24, 2.45) is 0 Å². The van der Waals surface area contributed by atoms with Gasteiger partial charge in [-0.1, -0.05) is 0 Å². The number of imidazole rings is 1. The van der Waals surface area contributed by atoms with Crippen molar-refractivity contribution in [3.05, 3.63) is 66.2 Å². The second-order valence-corrected chi connectivity index (χ2v) is 7.53. The van der Waals surface area contributed by atoms with Crippen molar-refractivity contribution in [2.45, 2.75) is 0 Å². The number of hydrogen-bond acceptors (Lipinski definition) is 7. The minimum Gasteiger partial charge on any atom is -0.497 e. The molecule has 0 saturated carbocycles. The van der Waals surface area contributed by atoms with E-state index in [2.05, 4.69) is 15.3 Å². The summed E-state index contributed by atoms with van der Waals surface area (Å²) in [6.07, 6.45) is 0. The maximum Gasteiger partial charge on any atom is 0.338 e. The van der Waals surface area contributed by atoms with Gasteiger partial charge in [-0.15, -0.1) is 0 Å². The Balaban J connectivity index is 1.22. The fraction of sp³-hybridized carbons (Fsp3) is 0.160. The summed E-state index contributed by atoms with van der Waals surface area (Å²) < 4.78 is 21.3. The Kier molecular flexibility index (Phi) is 5.73. The average molecular weight is 459 g/mol. The third kappa shape index (κ3) is 4.49. The van der Waals surface area contributed by atoms with Gasteiger partial charge in [0.15, 0.2) is 18.1 Å². The van der Waals surface area contributed by atoms with Crippen LogP contribution in [0, 0.1) is 0 Å². The molecule has 1 aliphatic rings. The van der Waals surface area contributed by atoms with Gasteiger partial charge in [0.2, 0.25) is 0 Å². The number of amides is 1. The van der Waals surface area contributed by atoms with E-state index < -0.39 is 18.5 Å². The highest BCUT2D eigenvalue weighted by Gasteiger charge is 2.15. The van der Waals surface area contributed by atoms with Gasteiger partial charge in [-0.25, -0.2) is 9.78 Å². The van der Waals surface area contributed by atoms with Gasteiger partial charge in [0, 0.05) is 17.3 Å². The Morgan fingerprint density at radius 3 is 2.59 bits per heavy atom. The maximum absolute atomic E-state index is 12.5. The van der Waals surface area contributed by atoms with Crippen LogP contribution in [0.1, 0.15) is 10.4 Å². The standard InChI is InChI=1S/C25H21N3O6/c1-31-18-6-2-15(3-7-18)24-27-19-8-4-16(12-20(19)28-24)25(30)34-14-23(29)26-17-5-9-21-22(13-17)33-11-10-32-21/h2-9,12-13H,10-11,14H2,1H3,(H,26,29)(H,27,28). The SMILES string of the molecule is COc1ccc(-c2nc3ccc(C(=O)OCC(=O)Nc4ccc5c(c4)OCCO5)cc3[nH]2)cc1. The zero-order valence-corrected chi connectivity index (χ0v) is 18.3. The highest BCUT2D eigenvalue weighted by Crippen LogP contribution is 2.32. The molecule has 0 atom stereocenters. The van der Waals surface area contributed by atoms with Gasteiger partial charge in [0.25, 0.3) is 5.91 Å². The molecular formula is C25H21N3O6. The second kappa shape index (κ2) is 9.14. The quantitative estimate of drug-likeness (QED) is 0.422. The lowest BCUT2D eigenvalue weighted by atomic mass is 10.2. The molecule has 0 bridgehead atoms. The number of methoxy groups -OCH3 is 1. The summed E-state index contributed by atoms with van der Waals surface area (Å²) in [4.78, 5) is 32.5. The fourth-order valence-electron chi connectivity index (χ4n) is 3.55. The molecule has 2 N–H and O–H groups in total. The molecule has 0 fully saturated rings. The number of nitrogens with one attached hydrogen (secondary N) is 2. The topological polar surface area (TPSA) is 112 Å². The van der Waals surface area contributed by atoms with Crippen molar-refractivity contribution in [1.82, 2.24) is 9.97 Å². The number of carbonyl (C=O) groups is 2. The summed E-state index contributed by atoms with van der Waals surface area (Å²) in [6, 6.07) is 17.6. The predicted molar refractivity (Wildman–Crippen MR) is 124 cm³/mol. The molecule has 0 saturated heterocycles. The lowest BCUT2D eigenvalue weighted by Gasteiger charge is -2.19. The molecular weight excluding hydrogens is 438 g/mol. The Morgan fingerprint density at radius 2 is 1.79 bits per heavy atom. The van der Waals surface area contributed by atoms with E-state index in [4.69, 9.17) is 18.9 Å². The number of H-pyrrole nitrogens is 1. The lowest BCUT2D eigenvalue weighted by Crippen LogP contribution is -2.21. The number of hydrogen-bond donors (Lipinski definition) is 2. The molecule has 9 nitrogen and oxygen atoms in total. The second-order valence-electron chi connectivity index (χ2n) is 7.53. The summed E-state index contributed by atoms with van der Waals surface area (Å²) in [6.45, 7) is 0.511. The average Bonchev–Trinajstić information content (AvgIpc) is 3.31. The first-order valence-electron chi connectivity index (χ1n) is 10.6. The van der Waals surface area contributed by atoms with E-state index in [1.54, 1.807) is 43.5 Å². The minimum atomic E-state index is -0.611. The zero-order valence-electron chi connectivity index (χ0n) is 18.3. The third-order valence-corrected chi connectivity index (χ3v) is 5.24. The van der Waals surface area contributed by atoms with Crippen LogP contribution in [0.5, 0.6) is 17.2 Å². The van der Waals surface area contributed by atoms with Gasteiger partial charge in [-0.05, 0) is 54.6 Å². The number of ether oxygens (including phenoxy) is 4. The highest BCUT2D eigenvalue weighted by atomic mass is 16.6. The van der Waals surface area contributed by atoms with E-state index in [9.17, 15) is 9.59 Å². The van der Waals surface area contributed by atoms with Crippen LogP contribution in [0.4, 0.5) is 5.69 Å². The number of carbonyl (C=O) groups excluding carboxylic acids is 2. The summed E-state index contributed by atoms with van der Waals surface area (Å²) in [5.74, 6) is 1.53. The number of benzene rings is 3. The number of nitrogens with zero attached hydrogens (tertiary/aromatic N) is 1. The van der Waals surface area contributed by atoms with Crippen LogP contribution in [0.15, 0.2) is 60.7 Å². The molecule has 1 amide bonds. The van der Waals surface area contributed by atoms with Gasteiger partial charge in [-0.2, -0.15) is 0 Å². The molecule has 1 aromatic heterocycles. The largest absolute Gasteiger partial charge is 0.497 e. The van der Waals surface area contributed by atoms with Crippen molar-refractivity contribution in [2.75, 3.05) is 32.2 Å². The van der Waals surface area contributed by atoms with E-state index in [1.165, 1.54) is 0 Å². The fourth-order valence-corrected chi connectivity index (χ4v) is 3.55. The molecule has 0 aliphatic carbocycles. The first kappa shape index (κ1) is 21.3. The predicted octanol–water partition coefficient (Wildman–Crippen LogP) is 3.81. The Hall–Kier alpha value is -4.53. The van der Waals surface area contributed by atoms with Crippen molar-refractivity contribution in [3.63, 3.8) is 0 Å². The van der Waals surface area contributed by atoms with Crippen molar-refractivity contribution in [3.8, 4) is 28.6 Å². The molecule has 0 spiro atoms. The molecule has 1 aliphatic heterocycles. The van der Waals surface area contributed by atoms with Gasteiger partial charge in [0.05, 0.1) is 23.7 Å². The first-order valence-corrected chi connectivity index (χ1v) is 10.6. The first-order chi connectivity index (χ1) is 16.6. The van der Waals surface area contributed by atoms with E-state index in [1.807, 2.05) is 24.3 Å². The van der Waals surface area contributed by atoms with Gasteiger partial charge >= 0.3 is 5.97 Å². The number of aromatic amines is 1. The summed E-state index contributed by atoms with van der Waals surface area (Å²) in [5.41, 5.74) is 3.11. The molecule has 9 heteroatoms. The van der Waals surface area contributed by atoms with Crippen molar-refractivity contribution >= 4 is 28.6 Å². The molecule has 2 heterocycles. The number of esters is 1. The lowest BCUT2D eigenvalue weighted by molar-refractivity contribution is -0.119. The smallest absolute Gasteiger partial charge is 0.338 e.